The number of thiophene rings is 2. The Morgan fingerprint density at radius 2 is 1.08 bits per heavy atom. The van der Waals surface area contributed by atoms with Crippen LogP contribution in [0.3, 0.4) is 0 Å². The fourth-order valence-electron chi connectivity index (χ4n) is 5.36. The Morgan fingerprint density at radius 1 is 0.719 bits per heavy atom. The molecule has 0 aromatic carbocycles. The van der Waals surface area contributed by atoms with Crippen molar-refractivity contribution in [2.45, 2.75) is 50.8 Å². The zero-order valence-electron chi connectivity index (χ0n) is 31.7. The molecular formula is C34H19ClF12N8O7S2. The van der Waals surface area contributed by atoms with Gasteiger partial charge in [0.15, 0.2) is 11.5 Å². The second-order valence-electron chi connectivity index (χ2n) is 12.6. The summed E-state index contributed by atoms with van der Waals surface area (Å²) in [6.07, 6.45) is -31.3. The van der Waals surface area contributed by atoms with Crippen LogP contribution >= 0.6 is 34.3 Å². The Bertz CT molecular complexity index is 2640. The van der Waals surface area contributed by atoms with Crippen LogP contribution in [0.1, 0.15) is 41.6 Å². The number of aromatic carboxylic acids is 1. The zero-order valence-corrected chi connectivity index (χ0v) is 34.1. The molecule has 6 aromatic heterocycles. The molecule has 15 nitrogen and oxygen atoms in total. The molecule has 6 aromatic rings. The number of carbonyl (C=O) groups excluding carboxylic acids is 1. The third-order valence-electron chi connectivity index (χ3n) is 8.21. The molecule has 2 unspecified atom stereocenters. The number of nitrogens with zero attached hydrogens (tertiary/aromatic N) is 8. The molecule has 0 saturated heterocycles. The summed E-state index contributed by atoms with van der Waals surface area (Å²) in [4.78, 5) is 23.1. The van der Waals surface area contributed by atoms with E-state index in [0.29, 0.717) is 4.88 Å². The molecule has 0 radical (unpaired) electrons. The topological polar surface area (TPSA) is 208 Å². The van der Waals surface area contributed by atoms with Gasteiger partial charge in [-0.05, 0) is 37.6 Å². The summed E-state index contributed by atoms with van der Waals surface area (Å²) in [5.74, 6) is -3.12. The van der Waals surface area contributed by atoms with Crippen LogP contribution in [-0.4, -0.2) is 83.1 Å². The second-order valence-corrected chi connectivity index (χ2v) is 15.1. The molecule has 0 aliphatic rings. The fourth-order valence-corrected chi connectivity index (χ4v) is 7.37. The van der Waals surface area contributed by atoms with Crippen LogP contribution in [0.2, 0.25) is 0 Å². The first-order chi connectivity index (χ1) is 29.5. The molecule has 6 heterocycles. The van der Waals surface area contributed by atoms with Gasteiger partial charge in [-0.3, -0.25) is 14.2 Å². The summed E-state index contributed by atoms with van der Waals surface area (Å²) in [6.45, 7) is 2.39. The summed E-state index contributed by atoms with van der Waals surface area (Å²) in [5.41, 5.74) is -0.621. The molecule has 6 rings (SSSR count). The average molecular weight is 979 g/mol. The first-order valence-electron chi connectivity index (χ1n) is 16.6. The van der Waals surface area contributed by atoms with Gasteiger partial charge in [0.05, 0.1) is 32.3 Å². The third kappa shape index (κ3) is 9.80. The van der Waals surface area contributed by atoms with Gasteiger partial charge < -0.3 is 23.6 Å². The number of hydrogen-bond donors (Lipinski definition) is 1. The number of halogens is 13. The number of carboxylic acid groups (broad SMARTS) is 1. The van der Waals surface area contributed by atoms with Crippen LogP contribution in [0.15, 0.2) is 33.3 Å². The van der Waals surface area contributed by atoms with Gasteiger partial charge in [0, 0.05) is 37.4 Å². The molecule has 0 saturated carbocycles. The molecule has 0 aliphatic heterocycles. The summed E-state index contributed by atoms with van der Waals surface area (Å²) in [6, 6.07) is 8.61. The first-order valence-corrected chi connectivity index (χ1v) is 18.6. The number of rotatable bonds is 12. The first kappa shape index (κ1) is 48.4. The van der Waals surface area contributed by atoms with E-state index in [0.717, 1.165) is 32.0 Å². The average Bonchev–Trinajstić information content (AvgIpc) is 4.05. The minimum Gasteiger partial charge on any atom is -0.478 e. The van der Waals surface area contributed by atoms with E-state index in [4.69, 9.17) is 36.3 Å². The lowest BCUT2D eigenvalue weighted by Crippen LogP contribution is -2.45. The monoisotopic (exact) mass is 978 g/mol. The van der Waals surface area contributed by atoms with Crippen molar-refractivity contribution in [3.05, 3.63) is 56.3 Å². The van der Waals surface area contributed by atoms with Crippen LogP contribution in [0.5, 0.6) is 11.8 Å². The maximum absolute atomic E-state index is 13.6. The molecule has 1 N–H and O–H groups in total. The molecule has 0 amide bonds. The number of nitriles is 2. The van der Waals surface area contributed by atoms with Crippen molar-refractivity contribution >= 4 is 45.5 Å². The normalized spacial score (nSPS) is 13.1. The van der Waals surface area contributed by atoms with Crippen molar-refractivity contribution in [3.63, 3.8) is 0 Å². The second kappa shape index (κ2) is 17.5. The van der Waals surface area contributed by atoms with E-state index in [-0.39, 0.29) is 71.2 Å². The molecular weight excluding hydrogens is 960 g/mol. The maximum Gasteiger partial charge on any atom is 0.440 e. The molecule has 30 heteroatoms. The van der Waals surface area contributed by atoms with Gasteiger partial charge in [0.1, 0.15) is 33.3 Å². The highest BCUT2D eigenvalue weighted by molar-refractivity contribution is 7.16. The predicted octanol–water partition coefficient (Wildman–Crippen LogP) is 9.79. The van der Waals surface area contributed by atoms with Crippen molar-refractivity contribution in [1.82, 2.24) is 29.9 Å². The van der Waals surface area contributed by atoms with Crippen molar-refractivity contribution in [3.8, 4) is 67.9 Å². The van der Waals surface area contributed by atoms with Gasteiger partial charge in [-0.2, -0.15) is 54.4 Å². The van der Waals surface area contributed by atoms with Crippen molar-refractivity contribution in [2.24, 2.45) is 14.1 Å². The quantitative estimate of drug-likeness (QED) is 0.0896. The minimum absolute atomic E-state index is 0.00346. The highest BCUT2D eigenvalue weighted by Gasteiger charge is 2.61. The summed E-state index contributed by atoms with van der Waals surface area (Å²) in [7, 11) is 2.52. The SMILES string of the molecule is Cc1c(OC(F)(F)C(F)C(F)(F)F)nn(C)c1-c1cc(-c2cc(C(=O)Cl)c(C#N)s2)on1.Cc1c(OC(F)(F)C(F)C(F)(F)F)nn(C)c1-c1cc(-c2cc(C(=O)O)c(C#N)s2)on1. The smallest absolute Gasteiger partial charge is 0.440 e. The summed E-state index contributed by atoms with van der Waals surface area (Å²) in [5, 5.41) is 41.0. The lowest BCUT2D eigenvalue weighted by Gasteiger charge is -2.22. The largest absolute Gasteiger partial charge is 0.478 e. The van der Waals surface area contributed by atoms with E-state index in [1.807, 2.05) is 6.07 Å². The van der Waals surface area contributed by atoms with E-state index in [9.17, 15) is 62.3 Å². The molecule has 340 valence electrons. The number of hydrogen-bond acceptors (Lipinski definition) is 14. The van der Waals surface area contributed by atoms with Crippen LogP contribution in [0, 0.1) is 36.5 Å². The molecule has 0 spiro atoms. The van der Waals surface area contributed by atoms with Crippen LogP contribution in [0.4, 0.5) is 52.7 Å². The van der Waals surface area contributed by atoms with Gasteiger partial charge in [0.25, 0.3) is 17.6 Å². The third-order valence-corrected chi connectivity index (χ3v) is 10.5. The van der Waals surface area contributed by atoms with Gasteiger partial charge in [0.2, 0.25) is 11.8 Å². The number of carboxylic acids is 1. The number of alkyl halides is 12. The van der Waals surface area contributed by atoms with E-state index in [1.165, 1.54) is 52.2 Å². The van der Waals surface area contributed by atoms with E-state index >= 15 is 0 Å². The Kier molecular flexibility index (Phi) is 13.3. The van der Waals surface area contributed by atoms with E-state index in [1.54, 1.807) is 6.07 Å². The van der Waals surface area contributed by atoms with Crippen molar-refractivity contribution in [1.29, 1.82) is 10.5 Å². The maximum atomic E-state index is 13.6. The molecule has 64 heavy (non-hydrogen) atoms. The molecule has 0 fully saturated rings. The Morgan fingerprint density at radius 3 is 1.38 bits per heavy atom. The number of carbonyl (C=O) groups is 2. The predicted molar refractivity (Wildman–Crippen MR) is 193 cm³/mol. The molecule has 0 aliphatic carbocycles. The standard InChI is InChI=1S/C17H9ClF6N4O3S.C17H10F6N4O4S/c1-6-12(28(2)26-14(6)30-17(23,24)15(19)16(20,21)22)8-4-9(31-27-8)10-3-7(13(18)29)11(5-25)32-10;1-6-12(27(2)25-13(6)30-17(22,23)15(18)16(19,20)21)8-4-9(31-26-8)10-3-7(14(28)29)11(5-24)32-10/h3-4,15H,1-2H3;3-4,15H,1-2H3,(H,28,29). The number of aromatic nitrogens is 6. The van der Waals surface area contributed by atoms with E-state index < -0.39 is 59.9 Å². The van der Waals surface area contributed by atoms with Crippen molar-refractivity contribution in [2.75, 3.05) is 0 Å². The van der Waals surface area contributed by atoms with E-state index in [2.05, 4.69) is 30.0 Å². The summed E-state index contributed by atoms with van der Waals surface area (Å²) >= 11 is 7.11. The van der Waals surface area contributed by atoms with Crippen LogP contribution in [0.25, 0.3) is 44.1 Å². The van der Waals surface area contributed by atoms with Gasteiger partial charge in [-0.1, -0.05) is 10.3 Å². The lowest BCUT2D eigenvalue weighted by atomic mass is 10.2. The Hall–Kier alpha value is -6.59. The highest BCUT2D eigenvalue weighted by atomic mass is 35.5. The molecule has 0 bridgehead atoms. The Balaban J connectivity index is 0.000000241. The van der Waals surface area contributed by atoms with Gasteiger partial charge >= 0.3 is 30.5 Å². The van der Waals surface area contributed by atoms with Crippen molar-refractivity contribution < 1.29 is 85.9 Å². The zero-order chi connectivity index (χ0) is 48.0. The number of aryl methyl sites for hydroxylation is 2. The fraction of sp³-hybridized carbons (Fsp3) is 0.294. The van der Waals surface area contributed by atoms with Crippen LogP contribution < -0.4 is 9.47 Å². The minimum atomic E-state index is -5.85. The highest BCUT2D eigenvalue weighted by Crippen LogP contribution is 2.42. The van der Waals surface area contributed by atoms with Gasteiger partial charge in [-0.15, -0.1) is 32.9 Å². The van der Waals surface area contributed by atoms with Crippen LogP contribution in [-0.2, 0) is 14.1 Å². The summed E-state index contributed by atoms with van der Waals surface area (Å²) < 4.78 is 175. The Labute approximate surface area is 360 Å². The van der Waals surface area contributed by atoms with Gasteiger partial charge in [-0.25, -0.2) is 13.6 Å². The number of ether oxygens (including phenoxy) is 2. The lowest BCUT2D eigenvalue weighted by molar-refractivity contribution is -0.306. The molecule has 2 atom stereocenters.